The van der Waals surface area contributed by atoms with Crippen LogP contribution in [0.5, 0.6) is 0 Å². The lowest BCUT2D eigenvalue weighted by molar-refractivity contribution is -0.227. The predicted molar refractivity (Wildman–Crippen MR) is 236 cm³/mol. The number of ether oxygens (including phenoxy) is 5. The minimum Gasteiger partial charge on any atom is -0.459 e. The van der Waals surface area contributed by atoms with E-state index in [2.05, 4.69) is 0 Å². The molecule has 15 heteroatoms. The van der Waals surface area contributed by atoms with Gasteiger partial charge < -0.3 is 23.7 Å². The molecule has 1 aliphatic heterocycles. The van der Waals surface area contributed by atoms with E-state index < -0.39 is 61.1 Å². The molecule has 63 heavy (non-hydrogen) atoms. The molecule has 316 valence electrons. The SMILES string of the molecule is O=C(OC[C@H]1O[C@@H](/N=c2\ssc(=Nc3ccccc3)n2-c2ccc(Cl)cc2)[C@H](OC(=O)c2ccccc2)[C@@H](OC(=O)c2ccccc2)[C@@H]1OC(=O)c1ccccc1)c1ccccc1. The number of carbonyl (C=O) groups excluding carboxylic acids is 4. The molecule has 1 aromatic heterocycles. The van der Waals surface area contributed by atoms with Crippen molar-refractivity contribution in [1.82, 2.24) is 4.57 Å². The van der Waals surface area contributed by atoms with Crippen LogP contribution >= 0.6 is 32.3 Å². The van der Waals surface area contributed by atoms with Crippen molar-refractivity contribution in [2.75, 3.05) is 6.61 Å². The van der Waals surface area contributed by atoms with E-state index in [1.54, 1.807) is 150 Å². The van der Waals surface area contributed by atoms with Crippen LogP contribution in [0, 0.1) is 0 Å². The molecule has 0 saturated carbocycles. The van der Waals surface area contributed by atoms with Gasteiger partial charge in [0.05, 0.1) is 33.6 Å². The molecule has 7 aromatic rings. The maximum absolute atomic E-state index is 14.1. The number of halogens is 1. The second-order valence-corrected chi connectivity index (χ2v) is 16.4. The maximum Gasteiger partial charge on any atom is 0.338 e. The minimum atomic E-state index is -1.58. The summed E-state index contributed by atoms with van der Waals surface area (Å²) in [6.45, 7) is -0.496. The van der Waals surface area contributed by atoms with Crippen LogP contribution in [-0.2, 0) is 23.7 Å². The molecular weight excluding hydrogens is 862 g/mol. The van der Waals surface area contributed by atoms with Gasteiger partial charge in [-0.1, -0.05) is 103 Å². The third kappa shape index (κ3) is 10.6. The van der Waals surface area contributed by atoms with Gasteiger partial charge in [0.15, 0.2) is 24.5 Å². The third-order valence-electron chi connectivity index (χ3n) is 9.63. The minimum absolute atomic E-state index is 0.165. The van der Waals surface area contributed by atoms with Crippen LogP contribution in [0.25, 0.3) is 5.69 Å². The summed E-state index contributed by atoms with van der Waals surface area (Å²) in [6.07, 6.45) is -7.46. The maximum atomic E-state index is 14.1. The Balaban J connectivity index is 1.30. The summed E-state index contributed by atoms with van der Waals surface area (Å²) in [4.78, 5) is 66.4. The van der Waals surface area contributed by atoms with Crippen LogP contribution in [0.2, 0.25) is 5.02 Å². The van der Waals surface area contributed by atoms with Crippen molar-refractivity contribution in [1.29, 1.82) is 0 Å². The molecular formula is C48H36ClN3O9S2. The lowest BCUT2D eigenvalue weighted by Crippen LogP contribution is -2.62. The van der Waals surface area contributed by atoms with Gasteiger partial charge in [-0.15, -0.1) is 0 Å². The van der Waals surface area contributed by atoms with Crippen molar-refractivity contribution in [3.63, 3.8) is 0 Å². The summed E-state index contributed by atoms with van der Waals surface area (Å²) in [7, 11) is 2.58. The number of nitrogens with zero attached hydrogens (tertiary/aromatic N) is 3. The second kappa shape index (κ2) is 20.3. The molecule has 12 nitrogen and oxygen atoms in total. The molecule has 8 rings (SSSR count). The number of carbonyl (C=O) groups is 4. The molecule has 2 heterocycles. The monoisotopic (exact) mass is 897 g/mol. The van der Waals surface area contributed by atoms with E-state index in [0.717, 1.165) is 0 Å². The summed E-state index contributed by atoms with van der Waals surface area (Å²) in [5.74, 6) is -3.11. The molecule has 1 aliphatic rings. The van der Waals surface area contributed by atoms with Gasteiger partial charge >= 0.3 is 23.9 Å². The van der Waals surface area contributed by atoms with Crippen LogP contribution in [-0.4, -0.2) is 65.7 Å². The Morgan fingerprint density at radius 1 is 0.524 bits per heavy atom. The smallest absolute Gasteiger partial charge is 0.338 e. The Morgan fingerprint density at radius 2 is 0.952 bits per heavy atom. The Kier molecular flexibility index (Phi) is 13.7. The average Bonchev–Trinajstić information content (AvgIpc) is 3.72. The molecule has 0 amide bonds. The van der Waals surface area contributed by atoms with E-state index in [1.807, 2.05) is 30.3 Å². The summed E-state index contributed by atoms with van der Waals surface area (Å²) in [5, 5.41) is 0.508. The fourth-order valence-corrected chi connectivity index (χ4v) is 8.85. The highest BCUT2D eigenvalue weighted by molar-refractivity contribution is 7.67. The Labute approximate surface area is 373 Å². The highest BCUT2D eigenvalue weighted by Crippen LogP contribution is 2.32. The van der Waals surface area contributed by atoms with Gasteiger partial charge in [-0.2, -0.15) is 0 Å². The summed E-state index contributed by atoms with van der Waals surface area (Å²) >= 11 is 6.32. The molecule has 6 aromatic carbocycles. The fourth-order valence-electron chi connectivity index (χ4n) is 6.56. The normalized spacial score (nSPS) is 18.8. The molecule has 0 bridgehead atoms. The largest absolute Gasteiger partial charge is 0.459 e. The van der Waals surface area contributed by atoms with E-state index in [-0.39, 0.29) is 22.3 Å². The third-order valence-corrected chi connectivity index (χ3v) is 12.0. The lowest BCUT2D eigenvalue weighted by atomic mass is 9.97. The first-order chi connectivity index (χ1) is 30.8. The number of hydrogen-bond donors (Lipinski definition) is 0. The zero-order valence-electron chi connectivity index (χ0n) is 33.0. The lowest BCUT2D eigenvalue weighted by Gasteiger charge is -2.43. The van der Waals surface area contributed by atoms with E-state index in [0.29, 0.717) is 26.0 Å². The van der Waals surface area contributed by atoms with Crippen molar-refractivity contribution in [3.8, 4) is 5.69 Å². The number of hydrogen-bond acceptors (Lipinski definition) is 13. The number of para-hydroxylation sites is 1. The first-order valence-corrected chi connectivity index (χ1v) is 22.1. The number of rotatable bonds is 12. The van der Waals surface area contributed by atoms with E-state index in [1.165, 1.54) is 20.7 Å². The van der Waals surface area contributed by atoms with Crippen LogP contribution in [0.4, 0.5) is 5.69 Å². The highest BCUT2D eigenvalue weighted by atomic mass is 35.5. The van der Waals surface area contributed by atoms with Crippen LogP contribution in [0.3, 0.4) is 0 Å². The molecule has 0 spiro atoms. The van der Waals surface area contributed by atoms with E-state index in [4.69, 9.17) is 45.3 Å². The highest BCUT2D eigenvalue weighted by Gasteiger charge is 2.53. The Hall–Kier alpha value is -6.97. The van der Waals surface area contributed by atoms with Gasteiger partial charge in [0, 0.05) is 5.02 Å². The van der Waals surface area contributed by atoms with Gasteiger partial charge in [-0.05, 0) is 106 Å². The number of esters is 4. The molecule has 0 N–H and O–H groups in total. The van der Waals surface area contributed by atoms with Crippen molar-refractivity contribution >= 4 is 61.8 Å². The van der Waals surface area contributed by atoms with Crippen molar-refractivity contribution in [3.05, 3.63) is 213 Å². The molecule has 0 radical (unpaired) electrons. The van der Waals surface area contributed by atoms with Gasteiger partial charge in [-0.3, -0.25) is 4.57 Å². The van der Waals surface area contributed by atoms with Gasteiger partial charge in [0.2, 0.25) is 9.60 Å². The van der Waals surface area contributed by atoms with Gasteiger partial charge in [0.25, 0.3) is 0 Å². The Bertz CT molecular complexity index is 2810. The van der Waals surface area contributed by atoms with Gasteiger partial charge in [-0.25, -0.2) is 29.2 Å². The molecule has 1 saturated heterocycles. The van der Waals surface area contributed by atoms with Crippen LogP contribution in [0.1, 0.15) is 41.4 Å². The van der Waals surface area contributed by atoms with E-state index >= 15 is 0 Å². The van der Waals surface area contributed by atoms with Crippen LogP contribution in [0.15, 0.2) is 186 Å². The second-order valence-electron chi connectivity index (χ2n) is 13.9. The Morgan fingerprint density at radius 3 is 1.46 bits per heavy atom. The number of aromatic nitrogens is 1. The summed E-state index contributed by atoms with van der Waals surface area (Å²) in [6, 6.07) is 49.3. The fraction of sp³-hybridized carbons (Fsp3) is 0.125. The molecule has 0 aliphatic carbocycles. The van der Waals surface area contributed by atoms with Crippen molar-refractivity contribution in [2.45, 2.75) is 30.6 Å². The standard InChI is InChI=1S/C48H36ClN3O9S2/c49-35-26-28-37(29-27-35)52-47(50-36-24-14-5-15-25-36)62-63-48(52)51-42-41(61-46(56)34-22-12-4-13-23-34)40(60-45(55)33-20-10-3-11-21-33)39(59-44(54)32-18-8-2-9-19-32)38(58-42)30-57-43(53)31-16-6-1-7-17-31/h1-29,38-42H,30H2/b50-47?,51-48-/t38-,39-,40+,41-,42-/m1/s1. The molecule has 5 atom stereocenters. The zero-order valence-corrected chi connectivity index (χ0v) is 35.4. The predicted octanol–water partition coefficient (Wildman–Crippen LogP) is 8.65. The zero-order chi connectivity index (χ0) is 43.5. The van der Waals surface area contributed by atoms with E-state index in [9.17, 15) is 19.2 Å². The topological polar surface area (TPSA) is 144 Å². The molecule has 0 unspecified atom stereocenters. The summed E-state index contributed by atoms with van der Waals surface area (Å²) in [5.41, 5.74) is 2.11. The molecule has 1 fully saturated rings. The number of benzene rings is 6. The first-order valence-electron chi connectivity index (χ1n) is 19.6. The van der Waals surface area contributed by atoms with Crippen molar-refractivity contribution < 1.29 is 42.9 Å². The van der Waals surface area contributed by atoms with Crippen molar-refractivity contribution in [2.24, 2.45) is 9.98 Å². The van der Waals surface area contributed by atoms with Crippen LogP contribution < -0.4 is 9.60 Å². The summed E-state index contributed by atoms with van der Waals surface area (Å²) < 4.78 is 33.0. The average molecular weight is 898 g/mol. The van der Waals surface area contributed by atoms with Gasteiger partial charge in [0.1, 0.15) is 12.7 Å². The quantitative estimate of drug-likeness (QED) is 0.0669. The first kappa shape index (κ1) is 42.7.